The number of benzene rings is 1. The highest BCUT2D eigenvalue weighted by atomic mass is 19.1. The Morgan fingerprint density at radius 2 is 2.37 bits per heavy atom. The predicted molar refractivity (Wildman–Crippen MR) is 68.6 cm³/mol. The van der Waals surface area contributed by atoms with E-state index in [1.807, 2.05) is 6.92 Å². The summed E-state index contributed by atoms with van der Waals surface area (Å²) in [6, 6.07) is 3.44. The number of phenols is 1. The fourth-order valence-corrected chi connectivity index (χ4v) is 2.25. The van der Waals surface area contributed by atoms with Gasteiger partial charge in [0.25, 0.3) is 5.91 Å². The van der Waals surface area contributed by atoms with Crippen LogP contribution in [0.1, 0.15) is 30.1 Å². The number of amides is 1. The van der Waals surface area contributed by atoms with Crippen LogP contribution in [0.2, 0.25) is 0 Å². The molecule has 0 saturated carbocycles. The number of halogens is 1. The lowest BCUT2D eigenvalue weighted by Crippen LogP contribution is -2.37. The van der Waals surface area contributed by atoms with Crippen molar-refractivity contribution in [2.45, 2.75) is 25.9 Å². The van der Waals surface area contributed by atoms with E-state index >= 15 is 0 Å². The molecule has 1 saturated heterocycles. The van der Waals surface area contributed by atoms with E-state index < -0.39 is 5.82 Å². The summed E-state index contributed by atoms with van der Waals surface area (Å²) < 4.78 is 18.4. The van der Waals surface area contributed by atoms with Gasteiger partial charge in [0.05, 0.1) is 11.7 Å². The van der Waals surface area contributed by atoms with Gasteiger partial charge in [-0.25, -0.2) is 4.39 Å². The van der Waals surface area contributed by atoms with Gasteiger partial charge in [-0.2, -0.15) is 0 Å². The number of hydrogen-bond donors (Lipinski definition) is 1. The van der Waals surface area contributed by atoms with E-state index in [0.717, 1.165) is 25.5 Å². The Morgan fingerprint density at radius 3 is 2.95 bits per heavy atom. The monoisotopic (exact) mass is 267 g/mol. The lowest BCUT2D eigenvalue weighted by Gasteiger charge is -2.24. The average molecular weight is 267 g/mol. The van der Waals surface area contributed by atoms with E-state index in [1.54, 1.807) is 4.90 Å². The van der Waals surface area contributed by atoms with Crippen LogP contribution in [0.25, 0.3) is 0 Å². The quantitative estimate of drug-likeness (QED) is 0.909. The number of carbonyl (C=O) groups is 1. The number of carbonyl (C=O) groups excluding carboxylic acids is 1. The fourth-order valence-electron chi connectivity index (χ4n) is 2.25. The summed E-state index contributed by atoms with van der Waals surface area (Å²) in [6.45, 7) is 3.63. The minimum Gasteiger partial charge on any atom is -0.507 e. The second kappa shape index (κ2) is 6.02. The van der Waals surface area contributed by atoms with Crippen molar-refractivity contribution in [1.29, 1.82) is 0 Å². The molecular weight excluding hydrogens is 249 g/mol. The van der Waals surface area contributed by atoms with E-state index in [2.05, 4.69) is 0 Å². The van der Waals surface area contributed by atoms with Gasteiger partial charge in [0.15, 0.2) is 0 Å². The molecule has 2 rings (SSSR count). The van der Waals surface area contributed by atoms with Gasteiger partial charge in [-0.15, -0.1) is 0 Å². The molecule has 1 aliphatic rings. The molecule has 19 heavy (non-hydrogen) atoms. The van der Waals surface area contributed by atoms with E-state index in [4.69, 9.17) is 4.74 Å². The van der Waals surface area contributed by atoms with Crippen molar-refractivity contribution < 1.29 is 19.0 Å². The first-order valence-electron chi connectivity index (χ1n) is 6.51. The molecule has 1 unspecified atom stereocenters. The fraction of sp³-hybridized carbons (Fsp3) is 0.500. The van der Waals surface area contributed by atoms with Crippen LogP contribution in [0, 0.1) is 5.82 Å². The Kier molecular flexibility index (Phi) is 4.37. The van der Waals surface area contributed by atoms with E-state index in [1.165, 1.54) is 12.1 Å². The number of aromatic hydroxyl groups is 1. The molecule has 0 aliphatic carbocycles. The summed E-state index contributed by atoms with van der Waals surface area (Å²) >= 11 is 0. The minimum atomic E-state index is -0.559. The Balaban J connectivity index is 2.10. The molecule has 1 atom stereocenters. The van der Waals surface area contributed by atoms with E-state index in [-0.39, 0.29) is 23.3 Å². The summed E-state index contributed by atoms with van der Waals surface area (Å²) in [6.07, 6.45) is 2.02. The van der Waals surface area contributed by atoms with Crippen LogP contribution in [-0.4, -0.2) is 41.7 Å². The topological polar surface area (TPSA) is 49.8 Å². The predicted octanol–water partition coefficient (Wildman–Crippen LogP) is 2.17. The molecule has 1 aromatic rings. The lowest BCUT2D eigenvalue weighted by molar-refractivity contribution is 0.0537. The van der Waals surface area contributed by atoms with Crippen molar-refractivity contribution in [2.75, 3.05) is 19.7 Å². The van der Waals surface area contributed by atoms with Crippen LogP contribution in [0.5, 0.6) is 5.75 Å². The van der Waals surface area contributed by atoms with Gasteiger partial charge in [-0.3, -0.25) is 4.79 Å². The molecular formula is C14H18FNO3. The SMILES string of the molecule is CCN(CC1CCCO1)C(=O)c1ccc(F)cc1O. The molecule has 1 N–H and O–H groups in total. The minimum absolute atomic E-state index is 0.0616. The first kappa shape index (κ1) is 13.8. The second-order valence-electron chi connectivity index (χ2n) is 4.64. The summed E-state index contributed by atoms with van der Waals surface area (Å²) in [7, 11) is 0. The largest absolute Gasteiger partial charge is 0.507 e. The molecule has 104 valence electrons. The number of likely N-dealkylation sites (N-methyl/N-ethyl adjacent to an activating group) is 1. The third-order valence-electron chi connectivity index (χ3n) is 3.31. The van der Waals surface area contributed by atoms with Crippen LogP contribution in [0.15, 0.2) is 18.2 Å². The van der Waals surface area contributed by atoms with Gasteiger partial charge in [0.2, 0.25) is 0 Å². The zero-order valence-electron chi connectivity index (χ0n) is 10.9. The number of ether oxygens (including phenoxy) is 1. The van der Waals surface area contributed by atoms with Crippen LogP contribution in [0.3, 0.4) is 0 Å². The summed E-state index contributed by atoms with van der Waals surface area (Å²) in [4.78, 5) is 13.9. The van der Waals surface area contributed by atoms with Gasteiger partial charge in [0, 0.05) is 25.8 Å². The highest BCUT2D eigenvalue weighted by molar-refractivity contribution is 5.96. The van der Waals surface area contributed by atoms with Crippen LogP contribution in [-0.2, 0) is 4.74 Å². The van der Waals surface area contributed by atoms with Gasteiger partial charge in [0.1, 0.15) is 11.6 Å². The first-order chi connectivity index (χ1) is 9.11. The van der Waals surface area contributed by atoms with Crippen molar-refractivity contribution in [2.24, 2.45) is 0 Å². The van der Waals surface area contributed by atoms with Crippen molar-refractivity contribution in [3.8, 4) is 5.75 Å². The van der Waals surface area contributed by atoms with Gasteiger partial charge in [-0.05, 0) is 31.9 Å². The molecule has 0 spiro atoms. The molecule has 0 radical (unpaired) electrons. The standard InChI is InChI=1S/C14H18FNO3/c1-2-16(9-11-4-3-7-19-11)14(18)12-6-5-10(15)8-13(12)17/h5-6,8,11,17H,2-4,7,9H2,1H3. The maximum absolute atomic E-state index is 12.9. The van der Waals surface area contributed by atoms with Crippen molar-refractivity contribution in [3.05, 3.63) is 29.6 Å². The zero-order valence-corrected chi connectivity index (χ0v) is 10.9. The van der Waals surface area contributed by atoms with Crippen LogP contribution in [0.4, 0.5) is 4.39 Å². The number of rotatable bonds is 4. The van der Waals surface area contributed by atoms with E-state index in [9.17, 15) is 14.3 Å². The Morgan fingerprint density at radius 1 is 1.58 bits per heavy atom. The number of nitrogens with zero attached hydrogens (tertiary/aromatic N) is 1. The third-order valence-corrected chi connectivity index (χ3v) is 3.31. The third kappa shape index (κ3) is 3.23. The highest BCUT2D eigenvalue weighted by Crippen LogP contribution is 2.21. The van der Waals surface area contributed by atoms with Gasteiger partial charge in [-0.1, -0.05) is 0 Å². The summed E-state index contributed by atoms with van der Waals surface area (Å²) in [5.74, 6) is -1.18. The molecule has 1 aromatic carbocycles. The molecule has 5 heteroatoms. The average Bonchev–Trinajstić information content (AvgIpc) is 2.88. The zero-order chi connectivity index (χ0) is 13.8. The lowest BCUT2D eigenvalue weighted by atomic mass is 10.1. The van der Waals surface area contributed by atoms with Gasteiger partial charge >= 0.3 is 0 Å². The molecule has 0 aromatic heterocycles. The maximum Gasteiger partial charge on any atom is 0.257 e. The first-order valence-corrected chi connectivity index (χ1v) is 6.51. The normalized spacial score (nSPS) is 18.5. The number of hydrogen-bond acceptors (Lipinski definition) is 3. The molecule has 0 bridgehead atoms. The van der Waals surface area contributed by atoms with Crippen molar-refractivity contribution >= 4 is 5.91 Å². The Hall–Kier alpha value is -1.62. The van der Waals surface area contributed by atoms with Crippen LogP contribution >= 0.6 is 0 Å². The molecule has 1 amide bonds. The smallest absolute Gasteiger partial charge is 0.257 e. The number of phenolic OH excluding ortho intramolecular Hbond substituents is 1. The molecule has 1 heterocycles. The Bertz CT molecular complexity index is 458. The van der Waals surface area contributed by atoms with Crippen molar-refractivity contribution in [3.63, 3.8) is 0 Å². The van der Waals surface area contributed by atoms with E-state index in [0.29, 0.717) is 13.1 Å². The highest BCUT2D eigenvalue weighted by Gasteiger charge is 2.23. The Labute approximate surface area is 111 Å². The maximum atomic E-state index is 12.9. The molecule has 1 aliphatic heterocycles. The molecule has 4 nitrogen and oxygen atoms in total. The summed E-state index contributed by atoms with van der Waals surface area (Å²) in [5, 5.41) is 9.65. The van der Waals surface area contributed by atoms with Crippen LogP contribution < -0.4 is 0 Å². The summed E-state index contributed by atoms with van der Waals surface area (Å²) in [5.41, 5.74) is 0.126. The second-order valence-corrected chi connectivity index (χ2v) is 4.64. The van der Waals surface area contributed by atoms with Crippen molar-refractivity contribution in [1.82, 2.24) is 4.90 Å². The van der Waals surface area contributed by atoms with Gasteiger partial charge < -0.3 is 14.7 Å². The molecule has 1 fully saturated rings.